The zero-order valence-corrected chi connectivity index (χ0v) is 16.3. The molecule has 1 aromatic carbocycles. The molecule has 0 saturated carbocycles. The first-order chi connectivity index (χ1) is 13.2. The summed E-state index contributed by atoms with van der Waals surface area (Å²) in [5, 5.41) is 3.46. The smallest absolute Gasteiger partial charge is 0.356 e. The predicted octanol–water partition coefficient (Wildman–Crippen LogP) is 3.62. The van der Waals surface area contributed by atoms with Crippen LogP contribution in [0.2, 0.25) is 0 Å². The van der Waals surface area contributed by atoms with Gasteiger partial charge in [0.25, 0.3) is 0 Å². The monoisotopic (exact) mass is 413 g/mol. The number of aryl methyl sites for hydroxylation is 1. The highest BCUT2D eigenvalue weighted by Gasteiger charge is 2.31. The summed E-state index contributed by atoms with van der Waals surface area (Å²) in [4.78, 5) is 29.7. The summed E-state index contributed by atoms with van der Waals surface area (Å²) in [5.74, 6) is 0.195. The first-order valence-corrected chi connectivity index (χ1v) is 10.0. The fourth-order valence-electron chi connectivity index (χ4n) is 3.38. The number of carbonyl (C=O) groups is 2. The maximum atomic E-state index is 12.8. The second kappa shape index (κ2) is 8.46. The number of aromatic nitrogens is 1. The Kier molecular flexibility index (Phi) is 6.22. The Morgan fingerprint density at radius 2 is 2.14 bits per heavy atom. The number of halogens is 3. The number of nitrogens with one attached hydrogen (secondary N) is 1. The van der Waals surface area contributed by atoms with E-state index in [0.29, 0.717) is 41.3 Å². The maximum absolute atomic E-state index is 12.8. The van der Waals surface area contributed by atoms with Crippen molar-refractivity contribution in [3.8, 4) is 0 Å². The number of benzene rings is 1. The van der Waals surface area contributed by atoms with Crippen molar-refractivity contribution < 1.29 is 22.8 Å². The number of piperidine rings is 1. The molecule has 1 atom stereocenters. The third kappa shape index (κ3) is 5.21. The molecule has 0 aliphatic carbocycles. The van der Waals surface area contributed by atoms with Gasteiger partial charge in [-0.05, 0) is 37.0 Å². The van der Waals surface area contributed by atoms with E-state index in [9.17, 15) is 22.8 Å². The van der Waals surface area contributed by atoms with Crippen LogP contribution in [0.1, 0.15) is 36.8 Å². The summed E-state index contributed by atoms with van der Waals surface area (Å²) < 4.78 is 39.1. The molecule has 1 aliphatic heterocycles. The van der Waals surface area contributed by atoms with Gasteiger partial charge in [-0.15, -0.1) is 11.3 Å². The fourth-order valence-corrected chi connectivity index (χ4v) is 4.32. The van der Waals surface area contributed by atoms with Crippen molar-refractivity contribution in [2.24, 2.45) is 5.92 Å². The van der Waals surface area contributed by atoms with E-state index >= 15 is 0 Å². The minimum absolute atomic E-state index is 0.0164. The van der Waals surface area contributed by atoms with Crippen LogP contribution in [0, 0.1) is 5.92 Å². The number of alkyl halides is 3. The lowest BCUT2D eigenvalue weighted by Gasteiger charge is -2.32. The van der Waals surface area contributed by atoms with E-state index in [4.69, 9.17) is 0 Å². The second-order valence-electron chi connectivity index (χ2n) is 7.07. The molecule has 9 heteroatoms. The molecule has 1 saturated heterocycles. The SMILES string of the molecule is CC(=O)NCC1CCCN(C(=O)CCc2nc3cc(C(F)(F)F)ccc3s2)C1. The molecule has 152 valence electrons. The number of thiazole rings is 1. The van der Waals surface area contributed by atoms with E-state index < -0.39 is 11.7 Å². The van der Waals surface area contributed by atoms with Gasteiger partial charge in [0.1, 0.15) is 0 Å². The number of fused-ring (bicyclic) bond motifs is 1. The van der Waals surface area contributed by atoms with Gasteiger partial charge in [0, 0.05) is 39.4 Å². The van der Waals surface area contributed by atoms with Crippen LogP contribution in [-0.2, 0) is 22.2 Å². The summed E-state index contributed by atoms with van der Waals surface area (Å²) in [5.41, 5.74) is -0.401. The summed E-state index contributed by atoms with van der Waals surface area (Å²) in [6, 6.07) is 3.53. The molecule has 5 nitrogen and oxygen atoms in total. The Bertz CT molecular complexity index is 866. The Morgan fingerprint density at radius 3 is 2.86 bits per heavy atom. The molecule has 1 N–H and O–H groups in total. The highest BCUT2D eigenvalue weighted by atomic mass is 32.1. The van der Waals surface area contributed by atoms with Crippen molar-refractivity contribution in [3.05, 3.63) is 28.8 Å². The van der Waals surface area contributed by atoms with Gasteiger partial charge in [0.2, 0.25) is 11.8 Å². The largest absolute Gasteiger partial charge is 0.416 e. The molecule has 0 spiro atoms. The zero-order chi connectivity index (χ0) is 20.3. The van der Waals surface area contributed by atoms with Crippen LogP contribution in [0.15, 0.2) is 18.2 Å². The van der Waals surface area contributed by atoms with Gasteiger partial charge in [0.15, 0.2) is 0 Å². The van der Waals surface area contributed by atoms with Crippen LogP contribution >= 0.6 is 11.3 Å². The van der Waals surface area contributed by atoms with Gasteiger partial charge in [0.05, 0.1) is 20.8 Å². The van der Waals surface area contributed by atoms with Crippen LogP contribution in [-0.4, -0.2) is 41.3 Å². The number of nitrogens with zero attached hydrogens (tertiary/aromatic N) is 2. The van der Waals surface area contributed by atoms with Gasteiger partial charge >= 0.3 is 6.18 Å². The molecule has 0 radical (unpaired) electrons. The van der Waals surface area contributed by atoms with Gasteiger partial charge in [-0.25, -0.2) is 4.98 Å². The van der Waals surface area contributed by atoms with Crippen molar-refractivity contribution in [2.45, 2.75) is 38.8 Å². The Labute approximate surface area is 164 Å². The molecule has 2 amide bonds. The van der Waals surface area contributed by atoms with Crippen LogP contribution in [0.3, 0.4) is 0 Å². The van der Waals surface area contributed by atoms with Crippen LogP contribution in [0.4, 0.5) is 13.2 Å². The number of carbonyl (C=O) groups excluding carboxylic acids is 2. The molecule has 1 aliphatic rings. The predicted molar refractivity (Wildman–Crippen MR) is 101 cm³/mol. The normalized spacial score (nSPS) is 17.7. The summed E-state index contributed by atoms with van der Waals surface area (Å²) in [6.45, 7) is 3.36. The maximum Gasteiger partial charge on any atom is 0.416 e. The average molecular weight is 413 g/mol. The first-order valence-electron chi connectivity index (χ1n) is 9.21. The van der Waals surface area contributed by atoms with Crippen molar-refractivity contribution in [3.63, 3.8) is 0 Å². The Balaban J connectivity index is 1.57. The first kappa shape index (κ1) is 20.6. The van der Waals surface area contributed by atoms with E-state index in [1.165, 1.54) is 24.3 Å². The van der Waals surface area contributed by atoms with Gasteiger partial charge in [-0.2, -0.15) is 13.2 Å². The molecule has 2 aromatic rings. The third-order valence-electron chi connectivity index (χ3n) is 4.82. The second-order valence-corrected chi connectivity index (χ2v) is 8.19. The lowest BCUT2D eigenvalue weighted by molar-refractivity contribution is -0.137. The molecular weight excluding hydrogens is 391 g/mol. The number of hydrogen-bond donors (Lipinski definition) is 1. The molecule has 0 bridgehead atoms. The van der Waals surface area contributed by atoms with Gasteiger partial charge < -0.3 is 10.2 Å². The number of rotatable bonds is 5. The quantitative estimate of drug-likeness (QED) is 0.814. The van der Waals surface area contributed by atoms with E-state index in [2.05, 4.69) is 10.3 Å². The molecular formula is C19H22F3N3O2S. The standard InChI is InChI=1S/C19H22F3N3O2S/c1-12(26)23-10-13-3-2-8-25(11-13)18(27)7-6-17-24-15-9-14(19(20,21)22)4-5-16(15)28-17/h4-5,9,13H,2-3,6-8,10-11H2,1H3,(H,23,26). The van der Waals surface area contributed by atoms with Gasteiger partial charge in [-0.3, -0.25) is 9.59 Å². The van der Waals surface area contributed by atoms with Crippen molar-refractivity contribution >= 4 is 33.4 Å². The highest BCUT2D eigenvalue weighted by molar-refractivity contribution is 7.18. The minimum atomic E-state index is -4.39. The number of likely N-dealkylation sites (tertiary alicyclic amines) is 1. The lowest BCUT2D eigenvalue weighted by Crippen LogP contribution is -2.43. The van der Waals surface area contributed by atoms with Crippen LogP contribution in [0.25, 0.3) is 10.2 Å². The Hall–Kier alpha value is -2.16. The van der Waals surface area contributed by atoms with Crippen LogP contribution < -0.4 is 5.32 Å². The third-order valence-corrected chi connectivity index (χ3v) is 5.92. The van der Waals surface area contributed by atoms with Crippen molar-refractivity contribution in [2.75, 3.05) is 19.6 Å². The Morgan fingerprint density at radius 1 is 1.36 bits per heavy atom. The average Bonchev–Trinajstić information content (AvgIpc) is 3.06. The molecule has 1 unspecified atom stereocenters. The van der Waals surface area contributed by atoms with E-state index in [0.717, 1.165) is 25.0 Å². The lowest BCUT2D eigenvalue weighted by atomic mass is 9.97. The summed E-state index contributed by atoms with van der Waals surface area (Å²) in [7, 11) is 0. The zero-order valence-electron chi connectivity index (χ0n) is 15.5. The van der Waals surface area contributed by atoms with Gasteiger partial charge in [-0.1, -0.05) is 0 Å². The topological polar surface area (TPSA) is 62.3 Å². The van der Waals surface area contributed by atoms with E-state index in [-0.39, 0.29) is 24.2 Å². The van der Waals surface area contributed by atoms with Crippen molar-refractivity contribution in [1.29, 1.82) is 0 Å². The molecule has 1 aromatic heterocycles. The van der Waals surface area contributed by atoms with Crippen molar-refractivity contribution in [1.82, 2.24) is 15.2 Å². The highest BCUT2D eigenvalue weighted by Crippen LogP contribution is 2.33. The number of amides is 2. The van der Waals surface area contributed by atoms with Crippen LogP contribution in [0.5, 0.6) is 0 Å². The minimum Gasteiger partial charge on any atom is -0.356 e. The fraction of sp³-hybridized carbons (Fsp3) is 0.526. The number of hydrogen-bond acceptors (Lipinski definition) is 4. The summed E-state index contributed by atoms with van der Waals surface area (Å²) >= 11 is 1.32. The van der Waals surface area contributed by atoms with E-state index in [1.54, 1.807) is 0 Å². The molecule has 1 fully saturated rings. The molecule has 3 rings (SSSR count). The summed E-state index contributed by atoms with van der Waals surface area (Å²) in [6.07, 6.45) is -1.83. The van der Waals surface area contributed by atoms with E-state index in [1.807, 2.05) is 4.90 Å². The molecule has 2 heterocycles. The molecule has 28 heavy (non-hydrogen) atoms.